The second-order valence-electron chi connectivity index (χ2n) is 3.89. The van der Waals surface area contributed by atoms with Gasteiger partial charge in [-0.1, -0.05) is 11.6 Å². The number of hydrogen-bond acceptors (Lipinski definition) is 5. The monoisotopic (exact) mass is 287 g/mol. The fourth-order valence-corrected chi connectivity index (χ4v) is 1.51. The largest absolute Gasteiger partial charge is 0.462 e. The van der Waals surface area contributed by atoms with Gasteiger partial charge in [0.2, 0.25) is 0 Å². The summed E-state index contributed by atoms with van der Waals surface area (Å²) in [4.78, 5) is 21.9. The maximum Gasteiger partial charge on any atom is 0.345 e. The van der Waals surface area contributed by atoms with Crippen LogP contribution >= 0.6 is 11.6 Å². The molecule has 1 unspecified atom stereocenters. The molecule has 0 aliphatic heterocycles. The van der Waals surface area contributed by atoms with E-state index in [1.807, 2.05) is 6.92 Å². The van der Waals surface area contributed by atoms with Crippen LogP contribution in [0.25, 0.3) is 0 Å². The molecule has 0 N–H and O–H groups in total. The maximum atomic E-state index is 11.7. The van der Waals surface area contributed by atoms with Gasteiger partial charge in [-0.3, -0.25) is 10.1 Å². The second-order valence-corrected chi connectivity index (χ2v) is 4.33. The first kappa shape index (κ1) is 15.4. The number of carbonyl (C=O) groups excluding carboxylic acids is 1. The van der Waals surface area contributed by atoms with Gasteiger partial charge in [-0.05, 0) is 19.1 Å². The van der Waals surface area contributed by atoms with E-state index in [9.17, 15) is 14.9 Å². The van der Waals surface area contributed by atoms with Crippen molar-refractivity contribution in [2.75, 3.05) is 13.7 Å². The number of methoxy groups -OCH3 is 1. The van der Waals surface area contributed by atoms with Crippen molar-refractivity contribution in [2.24, 2.45) is 0 Å². The minimum atomic E-state index is -0.744. The van der Waals surface area contributed by atoms with Crippen LogP contribution in [0.1, 0.15) is 23.7 Å². The minimum Gasteiger partial charge on any atom is -0.462 e. The Morgan fingerprint density at radius 3 is 2.79 bits per heavy atom. The van der Waals surface area contributed by atoms with E-state index >= 15 is 0 Å². The molecule has 0 radical (unpaired) electrons. The Hall–Kier alpha value is -1.66. The summed E-state index contributed by atoms with van der Waals surface area (Å²) in [6.07, 6.45) is 0.469. The summed E-state index contributed by atoms with van der Waals surface area (Å²) < 4.78 is 9.96. The number of nitro benzene ring substituents is 1. The molecule has 0 spiro atoms. The molecule has 7 heteroatoms. The van der Waals surface area contributed by atoms with E-state index in [2.05, 4.69) is 0 Å². The van der Waals surface area contributed by atoms with Gasteiger partial charge in [0, 0.05) is 24.6 Å². The smallest absolute Gasteiger partial charge is 0.345 e. The Kier molecular flexibility index (Phi) is 5.72. The first-order chi connectivity index (χ1) is 8.95. The van der Waals surface area contributed by atoms with E-state index in [1.54, 1.807) is 7.11 Å². The van der Waals surface area contributed by atoms with Gasteiger partial charge < -0.3 is 9.47 Å². The summed E-state index contributed by atoms with van der Waals surface area (Å²) in [5, 5.41) is 11.0. The van der Waals surface area contributed by atoms with Crippen LogP contribution in [0.3, 0.4) is 0 Å². The van der Waals surface area contributed by atoms with E-state index in [4.69, 9.17) is 21.1 Å². The lowest BCUT2D eigenvalue weighted by Gasteiger charge is -2.09. The van der Waals surface area contributed by atoms with Crippen LogP contribution in [0, 0.1) is 10.1 Å². The highest BCUT2D eigenvalue weighted by molar-refractivity contribution is 6.31. The molecule has 0 bridgehead atoms. The van der Waals surface area contributed by atoms with Gasteiger partial charge in [0.25, 0.3) is 5.69 Å². The van der Waals surface area contributed by atoms with E-state index in [0.29, 0.717) is 6.42 Å². The van der Waals surface area contributed by atoms with Gasteiger partial charge in [-0.2, -0.15) is 0 Å². The molecule has 0 saturated carbocycles. The molecule has 0 saturated heterocycles. The highest BCUT2D eigenvalue weighted by Crippen LogP contribution is 2.23. The van der Waals surface area contributed by atoms with Crippen LogP contribution in [0.15, 0.2) is 18.2 Å². The lowest BCUT2D eigenvalue weighted by atomic mass is 10.2. The molecule has 0 heterocycles. The predicted octanol–water partition coefficient (Wildman–Crippen LogP) is 2.83. The Labute approximate surface area is 115 Å². The zero-order valence-electron chi connectivity index (χ0n) is 10.6. The normalized spacial score (nSPS) is 11.9. The first-order valence-electron chi connectivity index (χ1n) is 5.59. The predicted molar refractivity (Wildman–Crippen MR) is 69.5 cm³/mol. The molecule has 1 aromatic carbocycles. The summed E-state index contributed by atoms with van der Waals surface area (Å²) in [5.74, 6) is -0.744. The third-order valence-corrected chi connectivity index (χ3v) is 2.77. The standard InChI is InChI=1S/C12H14ClNO5/c1-8(18-2)5-6-19-12(15)10-4-3-9(13)7-11(10)14(16)17/h3-4,7-8H,5-6H2,1-2H3. The zero-order chi connectivity index (χ0) is 14.4. The number of ether oxygens (including phenoxy) is 2. The Bertz CT molecular complexity index is 477. The number of benzene rings is 1. The van der Waals surface area contributed by atoms with Crippen molar-refractivity contribution in [1.29, 1.82) is 0 Å². The molecule has 19 heavy (non-hydrogen) atoms. The topological polar surface area (TPSA) is 78.7 Å². The van der Waals surface area contributed by atoms with Crippen molar-refractivity contribution in [2.45, 2.75) is 19.4 Å². The van der Waals surface area contributed by atoms with Crippen molar-refractivity contribution in [1.82, 2.24) is 0 Å². The van der Waals surface area contributed by atoms with Gasteiger partial charge in [-0.25, -0.2) is 4.79 Å². The fourth-order valence-electron chi connectivity index (χ4n) is 1.34. The van der Waals surface area contributed by atoms with Crippen LogP contribution in [-0.2, 0) is 9.47 Å². The summed E-state index contributed by atoms with van der Waals surface area (Å²) in [5.41, 5.74) is -0.475. The maximum absolute atomic E-state index is 11.7. The highest BCUT2D eigenvalue weighted by Gasteiger charge is 2.21. The van der Waals surface area contributed by atoms with Crippen LogP contribution in [0.4, 0.5) is 5.69 Å². The van der Waals surface area contributed by atoms with Crippen molar-refractivity contribution < 1.29 is 19.2 Å². The molecule has 1 aromatic rings. The van der Waals surface area contributed by atoms with Crippen molar-refractivity contribution in [3.05, 3.63) is 38.9 Å². The minimum absolute atomic E-state index is 0.0481. The molecular formula is C12H14ClNO5. The molecule has 1 rings (SSSR count). The summed E-state index contributed by atoms with van der Waals surface area (Å²) in [6.45, 7) is 1.96. The molecule has 0 aliphatic rings. The molecule has 1 atom stereocenters. The Morgan fingerprint density at radius 1 is 1.53 bits per heavy atom. The fraction of sp³-hybridized carbons (Fsp3) is 0.417. The second kappa shape index (κ2) is 7.06. The molecule has 0 fully saturated rings. The SMILES string of the molecule is COC(C)CCOC(=O)c1ccc(Cl)cc1[N+](=O)[O-]. The van der Waals surface area contributed by atoms with Gasteiger partial charge in [0.05, 0.1) is 17.6 Å². The summed E-state index contributed by atoms with van der Waals surface area (Å²) in [7, 11) is 1.55. The Morgan fingerprint density at radius 2 is 2.21 bits per heavy atom. The summed E-state index contributed by atoms with van der Waals surface area (Å²) in [6, 6.07) is 3.81. The number of nitro groups is 1. The van der Waals surface area contributed by atoms with Gasteiger partial charge in [0.1, 0.15) is 5.56 Å². The van der Waals surface area contributed by atoms with E-state index in [0.717, 1.165) is 6.07 Å². The van der Waals surface area contributed by atoms with E-state index < -0.39 is 10.9 Å². The van der Waals surface area contributed by atoms with Crippen LogP contribution < -0.4 is 0 Å². The van der Waals surface area contributed by atoms with Gasteiger partial charge in [0.15, 0.2) is 0 Å². The van der Waals surface area contributed by atoms with Crippen molar-refractivity contribution >= 4 is 23.3 Å². The molecule has 104 valence electrons. The third kappa shape index (κ3) is 4.50. The van der Waals surface area contributed by atoms with Crippen molar-refractivity contribution in [3.8, 4) is 0 Å². The van der Waals surface area contributed by atoms with Gasteiger partial charge in [-0.15, -0.1) is 0 Å². The molecule has 0 aliphatic carbocycles. The zero-order valence-corrected chi connectivity index (χ0v) is 11.3. The third-order valence-electron chi connectivity index (χ3n) is 2.54. The number of hydrogen-bond donors (Lipinski definition) is 0. The number of halogens is 1. The average Bonchev–Trinajstić information content (AvgIpc) is 2.38. The van der Waals surface area contributed by atoms with Crippen LogP contribution in [0.2, 0.25) is 5.02 Å². The molecule has 0 aromatic heterocycles. The van der Waals surface area contributed by atoms with Crippen LogP contribution in [-0.4, -0.2) is 30.7 Å². The lowest BCUT2D eigenvalue weighted by Crippen LogP contribution is -2.13. The summed E-state index contributed by atoms with van der Waals surface area (Å²) >= 11 is 5.66. The van der Waals surface area contributed by atoms with E-state index in [-0.39, 0.29) is 29.0 Å². The highest BCUT2D eigenvalue weighted by atomic mass is 35.5. The number of esters is 1. The molecular weight excluding hydrogens is 274 g/mol. The Balaban J connectivity index is 2.74. The molecule has 0 amide bonds. The van der Waals surface area contributed by atoms with Crippen molar-refractivity contribution in [3.63, 3.8) is 0 Å². The van der Waals surface area contributed by atoms with Crippen LogP contribution in [0.5, 0.6) is 0 Å². The average molecular weight is 288 g/mol. The number of rotatable bonds is 6. The van der Waals surface area contributed by atoms with E-state index in [1.165, 1.54) is 12.1 Å². The first-order valence-corrected chi connectivity index (χ1v) is 5.97. The molecule has 6 nitrogen and oxygen atoms in total. The number of nitrogens with zero attached hydrogens (tertiary/aromatic N) is 1. The van der Waals surface area contributed by atoms with Gasteiger partial charge >= 0.3 is 5.97 Å². The lowest BCUT2D eigenvalue weighted by molar-refractivity contribution is -0.385. The quantitative estimate of drug-likeness (QED) is 0.457. The number of carbonyl (C=O) groups is 1.